The maximum Gasteiger partial charge on any atom is 0.254 e. The van der Waals surface area contributed by atoms with Crippen molar-refractivity contribution in [3.63, 3.8) is 0 Å². The van der Waals surface area contributed by atoms with Gasteiger partial charge in [-0.05, 0) is 30.5 Å². The third-order valence-electron chi connectivity index (χ3n) is 3.87. The molecule has 0 N–H and O–H groups in total. The SMILES string of the molecule is COCc1ccc(C(=O)N2CCCC2c2noc(C)n2)cc1. The summed E-state index contributed by atoms with van der Waals surface area (Å²) in [7, 11) is 1.65. The van der Waals surface area contributed by atoms with Crippen LogP contribution < -0.4 is 0 Å². The lowest BCUT2D eigenvalue weighted by molar-refractivity contribution is 0.0728. The van der Waals surface area contributed by atoms with Crippen LogP contribution in [0.15, 0.2) is 28.8 Å². The van der Waals surface area contributed by atoms with Crippen molar-refractivity contribution >= 4 is 5.91 Å². The van der Waals surface area contributed by atoms with Crippen LogP contribution in [0.1, 0.15) is 46.5 Å². The number of likely N-dealkylation sites (tertiary alicyclic amines) is 1. The summed E-state index contributed by atoms with van der Waals surface area (Å²) < 4.78 is 10.1. The van der Waals surface area contributed by atoms with Crippen LogP contribution in [0, 0.1) is 6.92 Å². The Bertz CT molecular complexity index is 651. The molecule has 1 aromatic carbocycles. The molecule has 6 nitrogen and oxygen atoms in total. The van der Waals surface area contributed by atoms with Crippen LogP contribution >= 0.6 is 0 Å². The normalized spacial score (nSPS) is 17.9. The molecule has 1 saturated heterocycles. The maximum absolute atomic E-state index is 12.7. The Kier molecular flexibility index (Phi) is 4.20. The van der Waals surface area contributed by atoms with Gasteiger partial charge in [0, 0.05) is 26.1 Å². The highest BCUT2D eigenvalue weighted by atomic mass is 16.5. The Hall–Kier alpha value is -2.21. The lowest BCUT2D eigenvalue weighted by atomic mass is 10.1. The van der Waals surface area contributed by atoms with Gasteiger partial charge in [0.1, 0.15) is 0 Å². The average Bonchev–Trinajstić information content (AvgIpc) is 3.16. The summed E-state index contributed by atoms with van der Waals surface area (Å²) in [4.78, 5) is 18.8. The molecule has 116 valence electrons. The fourth-order valence-electron chi connectivity index (χ4n) is 2.80. The fraction of sp³-hybridized carbons (Fsp3) is 0.438. The number of carbonyl (C=O) groups excluding carboxylic acids is 1. The fourth-order valence-corrected chi connectivity index (χ4v) is 2.80. The summed E-state index contributed by atoms with van der Waals surface area (Å²) in [6.07, 6.45) is 1.82. The molecule has 22 heavy (non-hydrogen) atoms. The van der Waals surface area contributed by atoms with Crippen molar-refractivity contribution in [3.8, 4) is 0 Å². The Morgan fingerprint density at radius 1 is 1.41 bits per heavy atom. The highest BCUT2D eigenvalue weighted by Crippen LogP contribution is 2.31. The van der Waals surface area contributed by atoms with Crippen LogP contribution in [-0.4, -0.2) is 34.6 Å². The minimum Gasteiger partial charge on any atom is -0.380 e. The molecule has 1 fully saturated rings. The second-order valence-corrected chi connectivity index (χ2v) is 5.46. The summed E-state index contributed by atoms with van der Waals surface area (Å²) in [6, 6.07) is 7.42. The Morgan fingerprint density at radius 3 is 2.82 bits per heavy atom. The van der Waals surface area contributed by atoms with Crippen molar-refractivity contribution in [2.24, 2.45) is 0 Å². The highest BCUT2D eigenvalue weighted by molar-refractivity contribution is 5.94. The predicted octanol–water partition coefficient (Wildman–Crippen LogP) is 2.50. The van der Waals surface area contributed by atoms with E-state index in [2.05, 4.69) is 10.1 Å². The molecule has 1 aliphatic heterocycles. The largest absolute Gasteiger partial charge is 0.380 e. The van der Waals surface area contributed by atoms with E-state index in [1.165, 1.54) is 0 Å². The number of aromatic nitrogens is 2. The molecule has 0 saturated carbocycles. The van der Waals surface area contributed by atoms with E-state index in [-0.39, 0.29) is 11.9 Å². The number of carbonyl (C=O) groups is 1. The van der Waals surface area contributed by atoms with Crippen LogP contribution in [0.3, 0.4) is 0 Å². The Morgan fingerprint density at radius 2 is 2.18 bits per heavy atom. The van der Waals surface area contributed by atoms with E-state index >= 15 is 0 Å². The van der Waals surface area contributed by atoms with E-state index < -0.39 is 0 Å². The molecular formula is C16H19N3O3. The van der Waals surface area contributed by atoms with Crippen LogP contribution in [0.4, 0.5) is 0 Å². The van der Waals surface area contributed by atoms with E-state index in [1.54, 1.807) is 14.0 Å². The van der Waals surface area contributed by atoms with Gasteiger partial charge in [0.05, 0.1) is 12.6 Å². The first-order valence-electron chi connectivity index (χ1n) is 7.38. The van der Waals surface area contributed by atoms with E-state index in [0.717, 1.165) is 24.9 Å². The van der Waals surface area contributed by atoms with Gasteiger partial charge in [0.2, 0.25) is 5.89 Å². The van der Waals surface area contributed by atoms with Crippen molar-refractivity contribution in [3.05, 3.63) is 47.1 Å². The molecule has 1 aromatic heterocycles. The monoisotopic (exact) mass is 301 g/mol. The smallest absolute Gasteiger partial charge is 0.254 e. The summed E-state index contributed by atoms with van der Waals surface area (Å²) in [5, 5.41) is 3.97. The van der Waals surface area contributed by atoms with Gasteiger partial charge < -0.3 is 14.2 Å². The number of ether oxygens (including phenoxy) is 1. The molecule has 1 aliphatic rings. The number of benzene rings is 1. The number of amides is 1. The van der Waals surface area contributed by atoms with E-state index in [1.807, 2.05) is 29.2 Å². The number of hydrogen-bond acceptors (Lipinski definition) is 5. The van der Waals surface area contributed by atoms with Crippen molar-refractivity contribution < 1.29 is 14.1 Å². The van der Waals surface area contributed by atoms with E-state index in [4.69, 9.17) is 9.26 Å². The van der Waals surface area contributed by atoms with Gasteiger partial charge in [-0.1, -0.05) is 17.3 Å². The molecule has 3 rings (SSSR count). The van der Waals surface area contributed by atoms with Gasteiger partial charge in [-0.2, -0.15) is 4.98 Å². The highest BCUT2D eigenvalue weighted by Gasteiger charge is 2.33. The van der Waals surface area contributed by atoms with Crippen molar-refractivity contribution in [2.45, 2.75) is 32.4 Å². The molecule has 2 heterocycles. The first kappa shape index (κ1) is 14.7. The second-order valence-electron chi connectivity index (χ2n) is 5.46. The van der Waals surface area contributed by atoms with Crippen LogP contribution in [-0.2, 0) is 11.3 Å². The predicted molar refractivity (Wildman–Crippen MR) is 79.2 cm³/mol. The number of methoxy groups -OCH3 is 1. The zero-order valence-electron chi connectivity index (χ0n) is 12.8. The summed E-state index contributed by atoms with van der Waals surface area (Å²) in [5.74, 6) is 1.13. The average molecular weight is 301 g/mol. The molecule has 1 atom stereocenters. The van der Waals surface area contributed by atoms with Crippen molar-refractivity contribution in [1.29, 1.82) is 0 Å². The van der Waals surface area contributed by atoms with Crippen molar-refractivity contribution in [1.82, 2.24) is 15.0 Å². The van der Waals surface area contributed by atoms with E-state index in [9.17, 15) is 4.79 Å². The van der Waals surface area contributed by atoms with Crippen molar-refractivity contribution in [2.75, 3.05) is 13.7 Å². The van der Waals surface area contributed by atoms with Crippen LogP contribution in [0.25, 0.3) is 0 Å². The number of aryl methyl sites for hydroxylation is 1. The topological polar surface area (TPSA) is 68.5 Å². The van der Waals surface area contributed by atoms with Gasteiger partial charge >= 0.3 is 0 Å². The van der Waals surface area contributed by atoms with Crippen LogP contribution in [0.2, 0.25) is 0 Å². The Balaban J connectivity index is 1.78. The molecule has 0 bridgehead atoms. The summed E-state index contributed by atoms with van der Waals surface area (Å²) >= 11 is 0. The molecule has 1 unspecified atom stereocenters. The maximum atomic E-state index is 12.7. The van der Waals surface area contributed by atoms with Crippen LogP contribution in [0.5, 0.6) is 0 Å². The molecule has 0 aliphatic carbocycles. The van der Waals surface area contributed by atoms with Gasteiger partial charge in [0.15, 0.2) is 5.82 Å². The lowest BCUT2D eigenvalue weighted by Crippen LogP contribution is -2.31. The molecule has 0 radical (unpaired) electrons. The number of nitrogens with zero attached hydrogens (tertiary/aromatic N) is 3. The first-order valence-corrected chi connectivity index (χ1v) is 7.38. The summed E-state index contributed by atoms with van der Waals surface area (Å²) in [5.41, 5.74) is 1.72. The second kappa shape index (κ2) is 6.27. The van der Waals surface area contributed by atoms with Gasteiger partial charge in [0.25, 0.3) is 5.91 Å². The van der Waals surface area contributed by atoms with Gasteiger partial charge in [-0.15, -0.1) is 0 Å². The number of hydrogen-bond donors (Lipinski definition) is 0. The molecule has 0 spiro atoms. The minimum absolute atomic E-state index is 0.00826. The first-order chi connectivity index (χ1) is 10.7. The molecule has 6 heteroatoms. The third-order valence-corrected chi connectivity index (χ3v) is 3.87. The molecule has 1 amide bonds. The molecular weight excluding hydrogens is 282 g/mol. The van der Waals surface area contributed by atoms with E-state index in [0.29, 0.717) is 23.9 Å². The zero-order valence-corrected chi connectivity index (χ0v) is 12.8. The Labute approximate surface area is 129 Å². The molecule has 2 aromatic rings. The zero-order chi connectivity index (χ0) is 15.5. The number of rotatable bonds is 4. The standard InChI is InChI=1S/C16H19N3O3/c1-11-17-15(18-22-11)14-4-3-9-19(14)16(20)13-7-5-12(6-8-13)10-21-2/h5-8,14H,3-4,9-10H2,1-2H3. The third kappa shape index (κ3) is 2.87. The van der Waals surface area contributed by atoms with Gasteiger partial charge in [-0.25, -0.2) is 0 Å². The lowest BCUT2D eigenvalue weighted by Gasteiger charge is -2.22. The summed E-state index contributed by atoms with van der Waals surface area (Å²) in [6.45, 7) is 3.02. The minimum atomic E-state index is -0.0939. The quantitative estimate of drug-likeness (QED) is 0.868. The van der Waals surface area contributed by atoms with Gasteiger partial charge in [-0.3, -0.25) is 4.79 Å².